The third-order valence-electron chi connectivity index (χ3n) is 2.26. The van der Waals surface area contributed by atoms with Gasteiger partial charge in [-0.05, 0) is 19.3 Å². The summed E-state index contributed by atoms with van der Waals surface area (Å²) in [6, 6.07) is 0. The molecule has 0 aromatic carbocycles. The smallest absolute Gasteiger partial charge is 0.136 e. The molecule has 0 spiro atoms. The van der Waals surface area contributed by atoms with Gasteiger partial charge in [0, 0.05) is 12.2 Å². The molecule has 66 valence electrons. The second-order valence-electron chi connectivity index (χ2n) is 3.15. The Balaban J connectivity index is 2.25. The van der Waals surface area contributed by atoms with Gasteiger partial charge in [0.2, 0.25) is 0 Å². The van der Waals surface area contributed by atoms with E-state index in [9.17, 15) is 5.11 Å². The van der Waals surface area contributed by atoms with Gasteiger partial charge in [-0.25, -0.2) is 4.98 Å². The maximum atomic E-state index is 9.37. The minimum absolute atomic E-state index is 0.229. The number of aliphatic hydroxyl groups excluding tert-OH is 1. The van der Waals surface area contributed by atoms with E-state index < -0.39 is 6.10 Å². The van der Waals surface area contributed by atoms with Crippen molar-refractivity contribution in [2.75, 3.05) is 6.54 Å². The monoisotopic (exact) mass is 167 g/mol. The van der Waals surface area contributed by atoms with E-state index in [-0.39, 0.29) is 6.54 Å². The number of aliphatic hydroxyl groups is 1. The number of rotatable bonds is 2. The lowest BCUT2D eigenvalue weighted by Crippen LogP contribution is -2.13. The molecule has 0 saturated carbocycles. The molecule has 1 aliphatic rings. The molecule has 4 N–H and O–H groups in total. The quantitative estimate of drug-likeness (QED) is 0.575. The lowest BCUT2D eigenvalue weighted by Gasteiger charge is -2.02. The SMILES string of the molecule is NCC(O)c1nc2c([nH]1)CCC2. The number of aromatic nitrogens is 2. The number of H-pyrrole nitrogens is 1. The molecule has 1 aromatic rings. The average Bonchev–Trinajstić information content (AvgIpc) is 2.60. The van der Waals surface area contributed by atoms with Crippen LogP contribution in [0.4, 0.5) is 0 Å². The topological polar surface area (TPSA) is 74.9 Å². The fourth-order valence-corrected chi connectivity index (χ4v) is 1.58. The minimum Gasteiger partial charge on any atom is -0.384 e. The number of nitrogens with two attached hydrogens (primary N) is 1. The second kappa shape index (κ2) is 2.88. The van der Waals surface area contributed by atoms with Crippen LogP contribution in [0, 0.1) is 0 Å². The van der Waals surface area contributed by atoms with Crippen molar-refractivity contribution in [2.24, 2.45) is 5.73 Å². The molecule has 12 heavy (non-hydrogen) atoms. The standard InChI is InChI=1S/C8H13N3O/c9-4-7(12)8-10-5-2-1-3-6(5)11-8/h7,12H,1-4,9H2,(H,10,11). The van der Waals surface area contributed by atoms with Crippen molar-refractivity contribution in [2.45, 2.75) is 25.4 Å². The van der Waals surface area contributed by atoms with Gasteiger partial charge in [-0.3, -0.25) is 0 Å². The van der Waals surface area contributed by atoms with Crippen LogP contribution in [0.15, 0.2) is 0 Å². The van der Waals surface area contributed by atoms with E-state index in [0.717, 1.165) is 18.5 Å². The van der Waals surface area contributed by atoms with Crippen molar-refractivity contribution >= 4 is 0 Å². The van der Waals surface area contributed by atoms with Crippen molar-refractivity contribution in [3.8, 4) is 0 Å². The summed E-state index contributed by atoms with van der Waals surface area (Å²) in [4.78, 5) is 7.38. The van der Waals surface area contributed by atoms with E-state index >= 15 is 0 Å². The zero-order valence-electron chi connectivity index (χ0n) is 6.88. The Bertz CT molecular complexity index is 260. The molecule has 4 heteroatoms. The van der Waals surface area contributed by atoms with E-state index in [1.165, 1.54) is 12.1 Å². The largest absolute Gasteiger partial charge is 0.384 e. The van der Waals surface area contributed by atoms with Crippen molar-refractivity contribution in [1.29, 1.82) is 0 Å². The van der Waals surface area contributed by atoms with E-state index in [4.69, 9.17) is 5.73 Å². The number of fused-ring (bicyclic) bond motifs is 1. The molecule has 0 fully saturated rings. The van der Waals surface area contributed by atoms with Crippen LogP contribution < -0.4 is 5.73 Å². The molecule has 4 nitrogen and oxygen atoms in total. The first-order valence-electron chi connectivity index (χ1n) is 4.27. The van der Waals surface area contributed by atoms with Crippen molar-refractivity contribution in [3.63, 3.8) is 0 Å². The minimum atomic E-state index is -0.629. The van der Waals surface area contributed by atoms with Crippen LogP contribution in [0.2, 0.25) is 0 Å². The van der Waals surface area contributed by atoms with Gasteiger partial charge in [-0.15, -0.1) is 0 Å². The molecule has 0 bridgehead atoms. The number of nitrogens with zero attached hydrogens (tertiary/aromatic N) is 1. The van der Waals surface area contributed by atoms with Crippen LogP contribution >= 0.6 is 0 Å². The summed E-state index contributed by atoms with van der Waals surface area (Å²) in [5, 5.41) is 9.37. The van der Waals surface area contributed by atoms with E-state index in [1.54, 1.807) is 0 Å². The van der Waals surface area contributed by atoms with Gasteiger partial charge in [0.25, 0.3) is 0 Å². The summed E-state index contributed by atoms with van der Waals surface area (Å²) in [6.45, 7) is 0.229. The molecular weight excluding hydrogens is 154 g/mol. The van der Waals surface area contributed by atoms with Gasteiger partial charge in [-0.1, -0.05) is 0 Å². The van der Waals surface area contributed by atoms with Gasteiger partial charge in [0.05, 0.1) is 5.69 Å². The Kier molecular flexibility index (Phi) is 1.86. The average molecular weight is 167 g/mol. The van der Waals surface area contributed by atoms with E-state index in [1.807, 2.05) is 0 Å². The van der Waals surface area contributed by atoms with Crippen molar-refractivity contribution in [3.05, 3.63) is 17.2 Å². The Morgan fingerprint density at radius 1 is 1.58 bits per heavy atom. The van der Waals surface area contributed by atoms with Crippen molar-refractivity contribution < 1.29 is 5.11 Å². The van der Waals surface area contributed by atoms with Crippen LogP contribution in [-0.2, 0) is 12.8 Å². The van der Waals surface area contributed by atoms with Crippen LogP contribution in [0.5, 0.6) is 0 Å². The molecule has 1 atom stereocenters. The lowest BCUT2D eigenvalue weighted by molar-refractivity contribution is 0.177. The van der Waals surface area contributed by atoms with Crippen LogP contribution in [-0.4, -0.2) is 21.6 Å². The van der Waals surface area contributed by atoms with Crippen LogP contribution in [0.1, 0.15) is 29.7 Å². The zero-order chi connectivity index (χ0) is 8.55. The highest BCUT2D eigenvalue weighted by Gasteiger charge is 2.18. The molecule has 0 aliphatic heterocycles. The van der Waals surface area contributed by atoms with Gasteiger partial charge in [0.15, 0.2) is 0 Å². The van der Waals surface area contributed by atoms with Gasteiger partial charge in [0.1, 0.15) is 11.9 Å². The number of aromatic amines is 1. The maximum absolute atomic E-state index is 9.37. The summed E-state index contributed by atoms with van der Waals surface area (Å²) in [5.41, 5.74) is 7.60. The Labute approximate surface area is 70.8 Å². The summed E-state index contributed by atoms with van der Waals surface area (Å²) >= 11 is 0. The normalized spacial score (nSPS) is 17.8. The molecule has 1 aliphatic carbocycles. The first kappa shape index (κ1) is 7.76. The summed E-state index contributed by atoms with van der Waals surface area (Å²) < 4.78 is 0. The summed E-state index contributed by atoms with van der Waals surface area (Å²) in [7, 11) is 0. The molecule has 0 amide bonds. The number of hydrogen-bond donors (Lipinski definition) is 3. The highest BCUT2D eigenvalue weighted by molar-refractivity contribution is 5.20. The predicted molar refractivity (Wildman–Crippen MR) is 44.6 cm³/mol. The van der Waals surface area contributed by atoms with Gasteiger partial charge in [-0.2, -0.15) is 0 Å². The fraction of sp³-hybridized carbons (Fsp3) is 0.625. The summed E-state index contributed by atoms with van der Waals surface area (Å²) in [5.74, 6) is 0.627. The first-order chi connectivity index (χ1) is 5.81. The fourth-order valence-electron chi connectivity index (χ4n) is 1.58. The van der Waals surface area contributed by atoms with E-state index in [2.05, 4.69) is 9.97 Å². The number of hydrogen-bond acceptors (Lipinski definition) is 3. The third-order valence-corrected chi connectivity index (χ3v) is 2.26. The molecule has 1 unspecified atom stereocenters. The Morgan fingerprint density at radius 2 is 2.42 bits per heavy atom. The predicted octanol–water partition coefficient (Wildman–Crippen LogP) is -0.110. The number of nitrogens with one attached hydrogen (secondary N) is 1. The molecule has 0 saturated heterocycles. The highest BCUT2D eigenvalue weighted by atomic mass is 16.3. The van der Waals surface area contributed by atoms with Crippen molar-refractivity contribution in [1.82, 2.24) is 9.97 Å². The molecule has 0 radical (unpaired) electrons. The van der Waals surface area contributed by atoms with E-state index in [0.29, 0.717) is 5.82 Å². The third kappa shape index (κ3) is 1.13. The number of imidazole rings is 1. The Morgan fingerprint density at radius 3 is 3.08 bits per heavy atom. The molecule has 1 heterocycles. The molecule has 1 aromatic heterocycles. The Hall–Kier alpha value is -0.870. The summed E-state index contributed by atoms with van der Waals surface area (Å²) in [6.07, 6.45) is 2.63. The second-order valence-corrected chi connectivity index (χ2v) is 3.15. The molecular formula is C8H13N3O. The maximum Gasteiger partial charge on any atom is 0.136 e. The van der Waals surface area contributed by atoms with Crippen LogP contribution in [0.3, 0.4) is 0 Å². The van der Waals surface area contributed by atoms with Gasteiger partial charge >= 0.3 is 0 Å². The zero-order valence-corrected chi connectivity index (χ0v) is 6.88. The highest BCUT2D eigenvalue weighted by Crippen LogP contribution is 2.21. The van der Waals surface area contributed by atoms with Crippen LogP contribution in [0.25, 0.3) is 0 Å². The van der Waals surface area contributed by atoms with Gasteiger partial charge < -0.3 is 15.8 Å². The first-order valence-corrected chi connectivity index (χ1v) is 4.27. The number of aryl methyl sites for hydroxylation is 2. The lowest BCUT2D eigenvalue weighted by atomic mass is 10.3. The molecule has 2 rings (SSSR count).